The van der Waals surface area contributed by atoms with Crippen LogP contribution in [0.4, 0.5) is 0 Å². The molecule has 5 heteroatoms. The van der Waals surface area contributed by atoms with Crippen LogP contribution in [0.2, 0.25) is 0 Å². The highest BCUT2D eigenvalue weighted by Crippen LogP contribution is 2.16. The minimum atomic E-state index is -1.48. The number of carboxylic acid groups (broad SMARTS) is 1. The van der Waals surface area contributed by atoms with Crippen LogP contribution in [0.1, 0.15) is 19.8 Å². The van der Waals surface area contributed by atoms with E-state index >= 15 is 0 Å². The second-order valence-electron chi connectivity index (χ2n) is 3.64. The average Bonchev–Trinajstić information content (AvgIpc) is 2.09. The Bertz CT molecular complexity index is 274. The Labute approximate surface area is 81.7 Å². The maximum atomic E-state index is 11.3. The van der Waals surface area contributed by atoms with E-state index in [2.05, 4.69) is 0 Å². The number of carboxylic acids is 1. The summed E-state index contributed by atoms with van der Waals surface area (Å²) in [5.74, 6) is -2.19. The molecule has 1 aliphatic heterocycles. The van der Waals surface area contributed by atoms with Crippen LogP contribution >= 0.6 is 0 Å². The molecule has 1 N–H and O–H groups in total. The van der Waals surface area contributed by atoms with E-state index in [0.717, 1.165) is 6.42 Å². The minimum absolute atomic E-state index is 0.127. The van der Waals surface area contributed by atoms with E-state index in [1.54, 1.807) is 0 Å². The normalized spacial score (nSPS) is 22.2. The molecule has 0 saturated carbocycles. The van der Waals surface area contributed by atoms with Crippen LogP contribution in [0.5, 0.6) is 0 Å². The zero-order valence-electron chi connectivity index (χ0n) is 8.02. The topological polar surface area (TPSA) is 74.7 Å². The first kappa shape index (κ1) is 10.7. The van der Waals surface area contributed by atoms with Gasteiger partial charge in [0.2, 0.25) is 5.91 Å². The molecule has 5 nitrogen and oxygen atoms in total. The summed E-state index contributed by atoms with van der Waals surface area (Å²) in [5.41, 5.74) is 0. The third-order valence-corrected chi connectivity index (χ3v) is 2.34. The zero-order chi connectivity index (χ0) is 10.7. The maximum absolute atomic E-state index is 11.3. The molecule has 1 unspecified atom stereocenters. The molecule has 78 valence electrons. The Kier molecular flexibility index (Phi) is 3.22. The number of piperidine rings is 1. The molecule has 14 heavy (non-hydrogen) atoms. The third-order valence-electron chi connectivity index (χ3n) is 2.34. The van der Waals surface area contributed by atoms with Gasteiger partial charge >= 0.3 is 5.97 Å². The largest absolute Gasteiger partial charge is 0.475 e. The Morgan fingerprint density at radius 1 is 1.57 bits per heavy atom. The first-order chi connectivity index (χ1) is 6.50. The number of hydrogen-bond donors (Lipinski definition) is 1. The smallest absolute Gasteiger partial charge is 0.374 e. The molecule has 1 atom stereocenters. The van der Waals surface area contributed by atoms with E-state index in [1.807, 2.05) is 6.92 Å². The molecule has 0 bridgehead atoms. The Morgan fingerprint density at radius 3 is 2.71 bits per heavy atom. The van der Waals surface area contributed by atoms with Crippen molar-refractivity contribution in [3.05, 3.63) is 0 Å². The van der Waals surface area contributed by atoms with Gasteiger partial charge in [-0.05, 0) is 12.3 Å². The second-order valence-corrected chi connectivity index (χ2v) is 3.64. The van der Waals surface area contributed by atoms with Gasteiger partial charge in [-0.2, -0.15) is 0 Å². The molecular formula is C9H13NO4. The summed E-state index contributed by atoms with van der Waals surface area (Å²) < 4.78 is 0. The summed E-state index contributed by atoms with van der Waals surface area (Å²) in [6.45, 7) is 2.16. The van der Waals surface area contributed by atoms with Crippen molar-refractivity contribution in [1.82, 2.24) is 4.90 Å². The summed E-state index contributed by atoms with van der Waals surface area (Å²) >= 11 is 0. The van der Waals surface area contributed by atoms with Crippen molar-refractivity contribution in [1.29, 1.82) is 0 Å². The van der Waals surface area contributed by atoms with Crippen molar-refractivity contribution >= 4 is 17.7 Å². The monoisotopic (exact) mass is 199 g/mol. The molecular weight excluding hydrogens is 186 g/mol. The Balaban J connectivity index is 2.50. The second kappa shape index (κ2) is 4.21. The summed E-state index contributed by atoms with van der Waals surface area (Å²) in [7, 11) is 0. The zero-order valence-corrected chi connectivity index (χ0v) is 8.02. The third kappa shape index (κ3) is 2.55. The van der Waals surface area contributed by atoms with Gasteiger partial charge in [-0.3, -0.25) is 9.59 Å². The Hall–Kier alpha value is -1.39. The van der Waals surface area contributed by atoms with Crippen molar-refractivity contribution in [3.63, 3.8) is 0 Å². The predicted octanol–water partition coefficient (Wildman–Crippen LogP) is -0.101. The van der Waals surface area contributed by atoms with Crippen LogP contribution < -0.4 is 0 Å². The number of hydrogen-bond acceptors (Lipinski definition) is 3. The highest BCUT2D eigenvalue weighted by molar-refractivity contribution is 6.33. The number of aliphatic carboxylic acids is 1. The summed E-state index contributed by atoms with van der Waals surface area (Å²) in [4.78, 5) is 33.8. The van der Waals surface area contributed by atoms with Crippen molar-refractivity contribution in [2.75, 3.05) is 13.1 Å². The average molecular weight is 199 g/mol. The molecule has 1 aliphatic rings. The molecule has 0 aliphatic carbocycles. The number of nitrogens with zero attached hydrogens (tertiary/aromatic N) is 1. The standard InChI is InChI=1S/C9H13NO4/c1-6-2-3-10(8(12)4-6)5-7(11)9(13)14/h6H,2-5H2,1H3,(H,13,14). The number of Topliss-reactive ketones (excluding diaryl/α,β-unsaturated/α-hetero) is 1. The molecule has 1 rings (SSSR count). The summed E-state index contributed by atoms with van der Waals surface area (Å²) in [6, 6.07) is 0. The molecule has 1 heterocycles. The van der Waals surface area contributed by atoms with Crippen LogP contribution in [0.25, 0.3) is 0 Å². The van der Waals surface area contributed by atoms with Gasteiger partial charge in [0.05, 0.1) is 6.54 Å². The van der Waals surface area contributed by atoms with Crippen molar-refractivity contribution in [3.8, 4) is 0 Å². The van der Waals surface area contributed by atoms with E-state index < -0.39 is 11.8 Å². The highest BCUT2D eigenvalue weighted by atomic mass is 16.4. The van der Waals surface area contributed by atoms with Gasteiger partial charge in [0, 0.05) is 13.0 Å². The van der Waals surface area contributed by atoms with Gasteiger partial charge in [-0.15, -0.1) is 0 Å². The first-order valence-electron chi connectivity index (χ1n) is 4.54. The fourth-order valence-electron chi connectivity index (χ4n) is 1.44. The quantitative estimate of drug-likeness (QED) is 0.644. The lowest BCUT2D eigenvalue weighted by atomic mass is 9.98. The molecule has 1 saturated heterocycles. The van der Waals surface area contributed by atoms with E-state index in [0.29, 0.717) is 18.9 Å². The maximum Gasteiger partial charge on any atom is 0.374 e. The molecule has 0 radical (unpaired) electrons. The predicted molar refractivity (Wildman–Crippen MR) is 47.6 cm³/mol. The molecule has 1 amide bonds. The SMILES string of the molecule is CC1CCN(CC(=O)C(=O)O)C(=O)C1. The molecule has 1 fully saturated rings. The first-order valence-corrected chi connectivity index (χ1v) is 4.54. The van der Waals surface area contributed by atoms with E-state index in [-0.39, 0.29) is 12.5 Å². The van der Waals surface area contributed by atoms with E-state index in [1.165, 1.54) is 4.90 Å². The van der Waals surface area contributed by atoms with Crippen molar-refractivity contribution in [2.24, 2.45) is 5.92 Å². The number of carbonyl (C=O) groups excluding carboxylic acids is 2. The number of amides is 1. The van der Waals surface area contributed by atoms with Crippen LogP contribution in [0.3, 0.4) is 0 Å². The van der Waals surface area contributed by atoms with Gasteiger partial charge in [0.1, 0.15) is 0 Å². The molecule has 0 aromatic rings. The Morgan fingerprint density at radius 2 is 2.21 bits per heavy atom. The number of rotatable bonds is 3. The molecule has 0 spiro atoms. The van der Waals surface area contributed by atoms with Gasteiger partial charge in [-0.1, -0.05) is 6.92 Å². The van der Waals surface area contributed by atoms with Crippen molar-refractivity contribution < 1.29 is 19.5 Å². The van der Waals surface area contributed by atoms with Crippen LogP contribution in [-0.2, 0) is 14.4 Å². The van der Waals surface area contributed by atoms with Crippen LogP contribution in [-0.4, -0.2) is 40.8 Å². The number of carbonyl (C=O) groups is 3. The minimum Gasteiger partial charge on any atom is -0.475 e. The number of likely N-dealkylation sites (tertiary alicyclic amines) is 1. The highest BCUT2D eigenvalue weighted by Gasteiger charge is 2.26. The lowest BCUT2D eigenvalue weighted by Crippen LogP contribution is -2.42. The fourth-order valence-corrected chi connectivity index (χ4v) is 1.44. The van der Waals surface area contributed by atoms with Crippen LogP contribution in [0, 0.1) is 5.92 Å². The molecule has 0 aromatic heterocycles. The fraction of sp³-hybridized carbons (Fsp3) is 0.667. The lowest BCUT2D eigenvalue weighted by Gasteiger charge is -2.28. The van der Waals surface area contributed by atoms with Gasteiger partial charge in [0.15, 0.2) is 0 Å². The number of ketones is 1. The van der Waals surface area contributed by atoms with Gasteiger partial charge < -0.3 is 10.0 Å². The van der Waals surface area contributed by atoms with E-state index in [9.17, 15) is 14.4 Å². The summed E-state index contributed by atoms with van der Waals surface area (Å²) in [6.07, 6.45) is 1.24. The van der Waals surface area contributed by atoms with Gasteiger partial charge in [-0.25, -0.2) is 4.79 Å². The summed E-state index contributed by atoms with van der Waals surface area (Å²) in [5, 5.41) is 8.36. The van der Waals surface area contributed by atoms with Gasteiger partial charge in [0.25, 0.3) is 5.78 Å². The lowest BCUT2D eigenvalue weighted by molar-refractivity contribution is -0.151. The van der Waals surface area contributed by atoms with E-state index in [4.69, 9.17) is 5.11 Å². The van der Waals surface area contributed by atoms with Crippen LogP contribution in [0.15, 0.2) is 0 Å². The molecule has 0 aromatic carbocycles. The van der Waals surface area contributed by atoms with Crippen molar-refractivity contribution in [2.45, 2.75) is 19.8 Å².